The summed E-state index contributed by atoms with van der Waals surface area (Å²) in [7, 11) is -1.88. The molecule has 0 saturated carbocycles. The molecule has 7 nitrogen and oxygen atoms in total. The minimum absolute atomic E-state index is 0.137. The third-order valence-corrected chi connectivity index (χ3v) is 13.3. The molecular weight excluding hydrogens is 542 g/mol. The molecule has 4 aromatic rings. The van der Waals surface area contributed by atoms with E-state index in [9.17, 15) is 5.11 Å². The summed E-state index contributed by atoms with van der Waals surface area (Å²) in [6, 6.07) is 28.7. The maximum Gasteiger partial charge on any atom is 0.182 e. The zero-order valence-corrected chi connectivity index (χ0v) is 25.7. The van der Waals surface area contributed by atoms with Crippen molar-refractivity contribution in [3.05, 3.63) is 96.3 Å². The van der Waals surface area contributed by atoms with Crippen LogP contribution in [-0.2, 0) is 27.4 Å². The van der Waals surface area contributed by atoms with Crippen molar-refractivity contribution in [1.82, 2.24) is 9.55 Å². The second kappa shape index (κ2) is 13.2. The van der Waals surface area contributed by atoms with Crippen LogP contribution in [0.2, 0.25) is 18.1 Å². The number of nitrogens with zero attached hydrogens (tertiary/aromatic N) is 2. The molecule has 0 aliphatic carbocycles. The Bertz CT molecular complexity index is 1510. The van der Waals surface area contributed by atoms with Crippen molar-refractivity contribution in [3.63, 3.8) is 0 Å². The molecule has 4 atom stereocenters. The van der Waals surface area contributed by atoms with Gasteiger partial charge in [-0.05, 0) is 41.4 Å². The predicted octanol–water partition coefficient (Wildman–Crippen LogP) is 6.10. The zero-order chi connectivity index (χ0) is 29.6. The van der Waals surface area contributed by atoms with Gasteiger partial charge < -0.3 is 29.6 Å². The van der Waals surface area contributed by atoms with Gasteiger partial charge in [0.1, 0.15) is 25.8 Å². The number of nitrogen functional groups attached to an aromatic ring is 1. The Balaban J connectivity index is 1.56. The SMILES string of the molecule is CC[Si](C#C[C@]1(COCc2ccccc2)O[C@@H](n2cnc3c(N)cccc32)[C@H](O)[C@@H]1OCc1ccccc1)(CC)CC. The van der Waals surface area contributed by atoms with E-state index < -0.39 is 32.1 Å². The standard InChI is InChI=1S/C34H41N3O4Si/c1-4-42(5-2,6-3)21-20-34(24-39-22-26-14-9-7-10-15-26)32(40-23-27-16-11-8-12-17-27)31(38)33(41-34)37-25-36-30-28(35)18-13-19-29(30)37/h7-19,25,31-33,38H,4-6,22-24,35H2,1-3H3/t31-,32+,33-,34-/m1/s1. The molecule has 0 spiro atoms. The summed E-state index contributed by atoms with van der Waals surface area (Å²) in [5.74, 6) is 3.56. The lowest BCUT2D eigenvalue weighted by Crippen LogP contribution is -2.48. The summed E-state index contributed by atoms with van der Waals surface area (Å²) in [5, 5.41) is 11.9. The van der Waals surface area contributed by atoms with Crippen molar-refractivity contribution in [2.75, 3.05) is 12.3 Å². The van der Waals surface area contributed by atoms with Gasteiger partial charge in [-0.2, -0.15) is 0 Å². The highest BCUT2D eigenvalue weighted by molar-refractivity contribution is 6.87. The highest BCUT2D eigenvalue weighted by Gasteiger charge is 2.56. The molecule has 220 valence electrons. The smallest absolute Gasteiger partial charge is 0.182 e. The van der Waals surface area contributed by atoms with Gasteiger partial charge in [-0.15, -0.1) is 5.54 Å². The van der Waals surface area contributed by atoms with Crippen LogP contribution in [-0.4, -0.2) is 47.1 Å². The first-order chi connectivity index (χ1) is 20.4. The molecule has 3 N–H and O–H groups in total. The van der Waals surface area contributed by atoms with Gasteiger partial charge in [0.05, 0.1) is 37.4 Å². The lowest BCUT2D eigenvalue weighted by molar-refractivity contribution is -0.123. The van der Waals surface area contributed by atoms with E-state index in [0.29, 0.717) is 24.4 Å². The number of imidazole rings is 1. The fraction of sp³-hybridized carbons (Fsp3) is 0.382. The van der Waals surface area contributed by atoms with E-state index in [0.717, 1.165) is 34.8 Å². The summed E-state index contributed by atoms with van der Waals surface area (Å²) < 4.78 is 21.6. The number of aliphatic hydroxyl groups is 1. The Morgan fingerprint density at radius 3 is 2.21 bits per heavy atom. The molecule has 1 aliphatic rings. The molecule has 1 fully saturated rings. The van der Waals surface area contributed by atoms with Crippen molar-refractivity contribution in [3.8, 4) is 11.5 Å². The number of para-hydroxylation sites is 1. The fourth-order valence-electron chi connectivity index (χ4n) is 5.68. The highest BCUT2D eigenvalue weighted by atomic mass is 28.3. The number of ether oxygens (including phenoxy) is 3. The molecule has 1 saturated heterocycles. The molecule has 0 bridgehead atoms. The number of benzene rings is 3. The van der Waals surface area contributed by atoms with Crippen LogP contribution in [0.3, 0.4) is 0 Å². The number of fused-ring (bicyclic) bond motifs is 1. The van der Waals surface area contributed by atoms with Gasteiger partial charge in [0, 0.05) is 0 Å². The molecule has 0 amide bonds. The Morgan fingerprint density at radius 1 is 0.929 bits per heavy atom. The molecule has 42 heavy (non-hydrogen) atoms. The summed E-state index contributed by atoms with van der Waals surface area (Å²) in [6.07, 6.45) is -0.946. The van der Waals surface area contributed by atoms with Crippen LogP contribution in [0.25, 0.3) is 11.0 Å². The van der Waals surface area contributed by atoms with Crippen LogP contribution in [0.1, 0.15) is 38.1 Å². The molecule has 2 heterocycles. The van der Waals surface area contributed by atoms with E-state index in [1.165, 1.54) is 0 Å². The van der Waals surface area contributed by atoms with E-state index in [2.05, 4.69) is 37.2 Å². The average molecular weight is 584 g/mol. The van der Waals surface area contributed by atoms with Crippen LogP contribution in [0.15, 0.2) is 85.2 Å². The number of anilines is 1. The quantitative estimate of drug-likeness (QED) is 0.126. The van der Waals surface area contributed by atoms with Crippen LogP contribution in [0.4, 0.5) is 5.69 Å². The van der Waals surface area contributed by atoms with E-state index in [-0.39, 0.29) is 6.61 Å². The van der Waals surface area contributed by atoms with E-state index >= 15 is 0 Å². The molecule has 0 unspecified atom stereocenters. The molecule has 8 heteroatoms. The normalized spacial score (nSPS) is 22.2. The largest absolute Gasteiger partial charge is 0.397 e. The van der Waals surface area contributed by atoms with Crippen LogP contribution in [0.5, 0.6) is 0 Å². The third-order valence-electron chi connectivity index (χ3n) is 8.57. The molecule has 3 aromatic carbocycles. The van der Waals surface area contributed by atoms with Crippen LogP contribution < -0.4 is 5.73 Å². The third kappa shape index (κ3) is 6.17. The topological polar surface area (TPSA) is 91.8 Å². The fourth-order valence-corrected chi connectivity index (χ4v) is 8.18. The van der Waals surface area contributed by atoms with Gasteiger partial charge in [-0.1, -0.05) is 93.4 Å². The second-order valence-electron chi connectivity index (χ2n) is 11.0. The predicted molar refractivity (Wildman–Crippen MR) is 169 cm³/mol. The van der Waals surface area contributed by atoms with E-state index in [4.69, 9.17) is 19.9 Å². The van der Waals surface area contributed by atoms with Crippen LogP contribution in [0, 0.1) is 11.5 Å². The zero-order valence-electron chi connectivity index (χ0n) is 24.7. The monoisotopic (exact) mass is 583 g/mol. The van der Waals surface area contributed by atoms with Crippen molar-refractivity contribution in [2.45, 2.75) is 76.2 Å². The molecule has 1 aliphatic heterocycles. The number of aliphatic hydroxyl groups excluding tert-OH is 1. The Morgan fingerprint density at radius 2 is 1.57 bits per heavy atom. The number of hydrogen-bond acceptors (Lipinski definition) is 6. The van der Waals surface area contributed by atoms with Crippen molar-refractivity contribution < 1.29 is 19.3 Å². The Labute approximate surface area is 249 Å². The van der Waals surface area contributed by atoms with Crippen molar-refractivity contribution in [2.24, 2.45) is 0 Å². The van der Waals surface area contributed by atoms with Crippen LogP contribution >= 0.6 is 0 Å². The number of nitrogens with two attached hydrogens (primary N) is 1. The molecular formula is C34H41N3O4Si. The van der Waals surface area contributed by atoms with E-state index in [1.54, 1.807) is 6.33 Å². The lowest BCUT2D eigenvalue weighted by Gasteiger charge is -2.31. The van der Waals surface area contributed by atoms with E-state index in [1.807, 2.05) is 83.4 Å². The summed E-state index contributed by atoms with van der Waals surface area (Å²) in [5.41, 5.74) is 12.8. The molecule has 0 radical (unpaired) electrons. The number of hydrogen-bond donors (Lipinski definition) is 2. The Hall–Kier alpha value is -3.45. The van der Waals surface area contributed by atoms with Gasteiger partial charge in [0.15, 0.2) is 11.8 Å². The maximum absolute atomic E-state index is 11.9. The summed E-state index contributed by atoms with van der Waals surface area (Å²) in [4.78, 5) is 4.54. The first-order valence-corrected chi connectivity index (χ1v) is 17.4. The highest BCUT2D eigenvalue weighted by Crippen LogP contribution is 2.41. The van der Waals surface area contributed by atoms with Crippen molar-refractivity contribution >= 4 is 24.8 Å². The average Bonchev–Trinajstić information content (AvgIpc) is 3.58. The first kappa shape index (κ1) is 30.0. The number of aromatic nitrogens is 2. The minimum atomic E-state index is -1.88. The summed E-state index contributed by atoms with van der Waals surface area (Å²) in [6.45, 7) is 7.51. The summed E-state index contributed by atoms with van der Waals surface area (Å²) >= 11 is 0. The van der Waals surface area contributed by atoms with Crippen molar-refractivity contribution in [1.29, 1.82) is 0 Å². The van der Waals surface area contributed by atoms with Gasteiger partial charge >= 0.3 is 0 Å². The molecule has 5 rings (SSSR count). The lowest BCUT2D eigenvalue weighted by atomic mass is 9.96. The molecule has 1 aromatic heterocycles. The number of rotatable bonds is 11. The van der Waals surface area contributed by atoms with Gasteiger partial charge in [0.25, 0.3) is 0 Å². The van der Waals surface area contributed by atoms with Gasteiger partial charge in [-0.3, -0.25) is 0 Å². The minimum Gasteiger partial charge on any atom is -0.397 e. The van der Waals surface area contributed by atoms with Gasteiger partial charge in [-0.25, -0.2) is 4.98 Å². The second-order valence-corrected chi connectivity index (χ2v) is 16.0. The first-order valence-electron chi connectivity index (χ1n) is 14.8. The maximum atomic E-state index is 11.9. The van der Waals surface area contributed by atoms with Gasteiger partial charge in [0.2, 0.25) is 0 Å². The Kier molecular flexibility index (Phi) is 9.46.